The van der Waals surface area contributed by atoms with E-state index in [0.29, 0.717) is 0 Å². The van der Waals surface area contributed by atoms with Gasteiger partial charge in [0.25, 0.3) is 0 Å². The lowest BCUT2D eigenvalue weighted by molar-refractivity contribution is 0.0684. The molecule has 0 fully saturated rings. The summed E-state index contributed by atoms with van der Waals surface area (Å²) >= 11 is 0. The molecule has 1 rings (SSSR count). The van der Waals surface area contributed by atoms with Crippen LogP contribution in [-0.4, -0.2) is 22.0 Å². The average molecular weight is 184 g/mol. The number of hydrogen-bond acceptors (Lipinski definition) is 3. The first-order valence-electron chi connectivity index (χ1n) is 3.21. The van der Waals surface area contributed by atoms with Crippen molar-refractivity contribution in [2.24, 2.45) is 5.73 Å². The molecule has 1 heterocycles. The Morgan fingerprint density at radius 1 is 1.54 bits per heavy atom. The highest BCUT2D eigenvalue weighted by atomic mass is 19.1. The summed E-state index contributed by atoms with van der Waals surface area (Å²) in [4.78, 5) is 24.0. The molecule has 0 atom stereocenters. The molecular formula is C7H5FN2O3. The Hall–Kier alpha value is -1.98. The first-order chi connectivity index (χ1) is 6.02. The third-order valence-corrected chi connectivity index (χ3v) is 1.33. The summed E-state index contributed by atoms with van der Waals surface area (Å²) in [5, 5.41) is 8.38. The maximum absolute atomic E-state index is 12.8. The largest absolute Gasteiger partial charge is 0.476 e. The second kappa shape index (κ2) is 3.18. The van der Waals surface area contributed by atoms with E-state index in [1.165, 1.54) is 0 Å². The number of hydrogen-bond donors (Lipinski definition) is 2. The molecule has 13 heavy (non-hydrogen) atoms. The normalized spacial score (nSPS) is 9.62. The molecule has 1 aromatic heterocycles. The van der Waals surface area contributed by atoms with Gasteiger partial charge >= 0.3 is 5.97 Å². The molecule has 0 aromatic carbocycles. The molecule has 5 nitrogen and oxygen atoms in total. The maximum atomic E-state index is 12.8. The first kappa shape index (κ1) is 9.11. The fourth-order valence-corrected chi connectivity index (χ4v) is 0.730. The highest BCUT2D eigenvalue weighted by Gasteiger charge is 2.13. The predicted octanol–water partition coefficient (Wildman–Crippen LogP) is 0.0178. The van der Waals surface area contributed by atoms with Crippen molar-refractivity contribution in [3.8, 4) is 0 Å². The number of carbonyl (C=O) groups is 2. The van der Waals surface area contributed by atoms with Crippen molar-refractivity contribution in [3.05, 3.63) is 29.3 Å². The number of aromatic nitrogens is 1. The summed E-state index contributed by atoms with van der Waals surface area (Å²) < 4.78 is 12.8. The number of halogens is 1. The summed E-state index contributed by atoms with van der Waals surface area (Å²) in [7, 11) is 0. The summed E-state index contributed by atoms with van der Waals surface area (Å²) in [6, 6.07) is 0.735. The van der Waals surface area contributed by atoms with Gasteiger partial charge in [-0.2, -0.15) is 0 Å². The van der Waals surface area contributed by atoms with Crippen molar-refractivity contribution in [2.45, 2.75) is 0 Å². The second-order valence-corrected chi connectivity index (χ2v) is 2.22. The van der Waals surface area contributed by atoms with Gasteiger partial charge in [-0.25, -0.2) is 14.2 Å². The van der Waals surface area contributed by atoms with E-state index in [4.69, 9.17) is 10.8 Å². The van der Waals surface area contributed by atoms with Crippen LogP contribution in [0.2, 0.25) is 0 Å². The molecule has 0 saturated heterocycles. The highest BCUT2D eigenvalue weighted by molar-refractivity contribution is 5.93. The third kappa shape index (κ3) is 1.78. The number of carbonyl (C=O) groups excluding carboxylic acids is 1. The smallest absolute Gasteiger partial charge is 0.357 e. The summed E-state index contributed by atoms with van der Waals surface area (Å²) in [6.45, 7) is 0. The standard InChI is InChI=1S/C7H5FN2O3/c8-4-1-3(6(9)11)2-10-5(4)7(12)13/h1-2H,(H2,9,11)(H,12,13). The third-order valence-electron chi connectivity index (χ3n) is 1.33. The minimum Gasteiger partial charge on any atom is -0.476 e. The Kier molecular flexibility index (Phi) is 2.23. The Morgan fingerprint density at radius 3 is 2.54 bits per heavy atom. The van der Waals surface area contributed by atoms with Crippen LogP contribution in [0.25, 0.3) is 0 Å². The number of primary amides is 1. The molecule has 1 amide bonds. The zero-order valence-electron chi connectivity index (χ0n) is 6.32. The zero-order valence-corrected chi connectivity index (χ0v) is 6.32. The minimum absolute atomic E-state index is 0.164. The summed E-state index contributed by atoms with van der Waals surface area (Å²) in [6.07, 6.45) is 0.912. The Morgan fingerprint density at radius 2 is 2.15 bits per heavy atom. The lowest BCUT2D eigenvalue weighted by Gasteiger charge is -1.97. The van der Waals surface area contributed by atoms with Crippen LogP contribution in [-0.2, 0) is 0 Å². The lowest BCUT2D eigenvalue weighted by atomic mass is 10.2. The van der Waals surface area contributed by atoms with Gasteiger partial charge in [0.15, 0.2) is 11.5 Å². The number of amides is 1. The van der Waals surface area contributed by atoms with Crippen LogP contribution >= 0.6 is 0 Å². The Bertz CT molecular complexity index is 378. The number of rotatable bonds is 2. The monoisotopic (exact) mass is 184 g/mol. The van der Waals surface area contributed by atoms with Crippen LogP contribution < -0.4 is 5.73 Å². The van der Waals surface area contributed by atoms with Gasteiger partial charge in [-0.05, 0) is 6.07 Å². The molecular weight excluding hydrogens is 179 g/mol. The van der Waals surface area contributed by atoms with Crippen molar-refractivity contribution < 1.29 is 19.1 Å². The summed E-state index contributed by atoms with van der Waals surface area (Å²) in [5.41, 5.74) is 3.92. The molecule has 1 aromatic rings. The molecule has 0 saturated carbocycles. The fraction of sp³-hybridized carbons (Fsp3) is 0. The van der Waals surface area contributed by atoms with Crippen LogP contribution in [0.3, 0.4) is 0 Å². The molecule has 0 aliphatic carbocycles. The van der Waals surface area contributed by atoms with Crippen molar-refractivity contribution in [1.82, 2.24) is 4.98 Å². The second-order valence-electron chi connectivity index (χ2n) is 2.22. The van der Waals surface area contributed by atoms with Crippen molar-refractivity contribution in [1.29, 1.82) is 0 Å². The molecule has 0 aliphatic rings. The SMILES string of the molecule is NC(=O)c1cnc(C(=O)O)c(F)c1. The van der Waals surface area contributed by atoms with E-state index >= 15 is 0 Å². The van der Waals surface area contributed by atoms with Crippen LogP contribution in [0.1, 0.15) is 20.8 Å². The topological polar surface area (TPSA) is 93.3 Å². The number of aromatic carboxylic acids is 1. The van der Waals surface area contributed by atoms with Gasteiger partial charge in [0.05, 0.1) is 5.56 Å². The predicted molar refractivity (Wildman–Crippen MR) is 39.7 cm³/mol. The van der Waals surface area contributed by atoms with E-state index < -0.39 is 23.4 Å². The van der Waals surface area contributed by atoms with Crippen LogP contribution in [0.4, 0.5) is 4.39 Å². The van der Waals surface area contributed by atoms with Gasteiger partial charge in [0.1, 0.15) is 0 Å². The van der Waals surface area contributed by atoms with Gasteiger partial charge in [-0.15, -0.1) is 0 Å². The molecule has 0 radical (unpaired) electrons. The van der Waals surface area contributed by atoms with Gasteiger partial charge in [-0.3, -0.25) is 4.79 Å². The quantitative estimate of drug-likeness (QED) is 0.677. The van der Waals surface area contributed by atoms with E-state index in [1.54, 1.807) is 0 Å². The van der Waals surface area contributed by atoms with Crippen molar-refractivity contribution >= 4 is 11.9 Å². The number of carboxylic acids is 1. The van der Waals surface area contributed by atoms with E-state index in [0.717, 1.165) is 12.3 Å². The number of carboxylic acid groups (broad SMARTS) is 1. The molecule has 0 bridgehead atoms. The van der Waals surface area contributed by atoms with Crippen LogP contribution in [0, 0.1) is 5.82 Å². The van der Waals surface area contributed by atoms with Gasteiger partial charge in [0, 0.05) is 6.20 Å². The van der Waals surface area contributed by atoms with E-state index in [1.807, 2.05) is 0 Å². The zero-order chi connectivity index (χ0) is 10.0. The fourth-order valence-electron chi connectivity index (χ4n) is 0.730. The Balaban J connectivity index is 3.20. The number of pyridine rings is 1. The number of nitrogens with two attached hydrogens (primary N) is 1. The van der Waals surface area contributed by atoms with E-state index in [-0.39, 0.29) is 5.56 Å². The van der Waals surface area contributed by atoms with Gasteiger partial charge in [0.2, 0.25) is 5.91 Å². The highest BCUT2D eigenvalue weighted by Crippen LogP contribution is 2.06. The molecule has 0 aliphatic heterocycles. The van der Waals surface area contributed by atoms with Crippen molar-refractivity contribution in [3.63, 3.8) is 0 Å². The Labute approximate surface area is 72.0 Å². The van der Waals surface area contributed by atoms with Crippen LogP contribution in [0.5, 0.6) is 0 Å². The lowest BCUT2D eigenvalue weighted by Crippen LogP contribution is -2.13. The van der Waals surface area contributed by atoms with E-state index in [9.17, 15) is 14.0 Å². The summed E-state index contributed by atoms with van der Waals surface area (Å²) in [5.74, 6) is -3.43. The molecule has 0 spiro atoms. The van der Waals surface area contributed by atoms with Crippen molar-refractivity contribution in [2.75, 3.05) is 0 Å². The maximum Gasteiger partial charge on any atom is 0.357 e. The molecule has 3 N–H and O–H groups in total. The minimum atomic E-state index is -1.49. The molecule has 68 valence electrons. The number of nitrogens with zero attached hydrogens (tertiary/aromatic N) is 1. The van der Waals surface area contributed by atoms with Crippen LogP contribution in [0.15, 0.2) is 12.3 Å². The first-order valence-corrected chi connectivity index (χ1v) is 3.21. The average Bonchev–Trinajstić information content (AvgIpc) is 2.03. The van der Waals surface area contributed by atoms with E-state index in [2.05, 4.69) is 4.98 Å². The van der Waals surface area contributed by atoms with Gasteiger partial charge < -0.3 is 10.8 Å². The molecule has 0 unspecified atom stereocenters. The van der Waals surface area contributed by atoms with Gasteiger partial charge in [-0.1, -0.05) is 0 Å². The molecule has 6 heteroatoms.